The molecule has 1 aromatic carbocycles. The number of halogens is 1. The van der Waals surface area contributed by atoms with Crippen LogP contribution in [-0.2, 0) is 24.3 Å². The number of nitrogens with one attached hydrogen (secondary N) is 1. The lowest BCUT2D eigenvalue weighted by Gasteiger charge is -2.33. The Hall–Kier alpha value is -3.87. The SMILES string of the molecule is Cn1c2c(c(=O)n(C)c1=O)C1(C(=O)Nc3ccc(F)cc31)C(C#N)=C(N)O2. The molecule has 0 aliphatic carbocycles. The fourth-order valence-corrected chi connectivity index (χ4v) is 3.64. The number of amides is 1. The van der Waals surface area contributed by atoms with Gasteiger partial charge in [0.2, 0.25) is 17.7 Å². The van der Waals surface area contributed by atoms with Gasteiger partial charge in [-0.15, -0.1) is 0 Å². The largest absolute Gasteiger partial charge is 0.423 e. The first-order valence-electron chi connectivity index (χ1n) is 7.75. The van der Waals surface area contributed by atoms with Gasteiger partial charge in [-0.05, 0) is 18.2 Å². The molecule has 1 amide bonds. The summed E-state index contributed by atoms with van der Waals surface area (Å²) in [6.45, 7) is 0. The van der Waals surface area contributed by atoms with Gasteiger partial charge in [-0.2, -0.15) is 5.26 Å². The standard InChI is InChI=1S/C17H12FN5O4/c1-22-13(24)11-14(23(2)16(22)26)27-12(20)9(6-19)17(11)8-5-7(18)3-4-10(8)21-15(17)25/h3-5H,20H2,1-2H3,(H,21,25). The molecule has 27 heavy (non-hydrogen) atoms. The van der Waals surface area contributed by atoms with Crippen LogP contribution in [-0.4, -0.2) is 15.0 Å². The lowest BCUT2D eigenvalue weighted by molar-refractivity contribution is -0.118. The van der Waals surface area contributed by atoms with Gasteiger partial charge in [0.1, 0.15) is 23.0 Å². The van der Waals surface area contributed by atoms with E-state index >= 15 is 0 Å². The molecule has 0 saturated carbocycles. The van der Waals surface area contributed by atoms with Crippen molar-refractivity contribution in [3.05, 3.63) is 67.4 Å². The number of nitriles is 1. The second-order valence-corrected chi connectivity index (χ2v) is 6.23. The molecule has 2 aromatic rings. The zero-order valence-corrected chi connectivity index (χ0v) is 14.2. The molecule has 9 nitrogen and oxygen atoms in total. The van der Waals surface area contributed by atoms with Crippen molar-refractivity contribution < 1.29 is 13.9 Å². The van der Waals surface area contributed by atoms with E-state index < -0.39 is 34.3 Å². The van der Waals surface area contributed by atoms with Crippen molar-refractivity contribution in [3.8, 4) is 11.9 Å². The summed E-state index contributed by atoms with van der Waals surface area (Å²) in [7, 11) is 2.56. The highest BCUT2D eigenvalue weighted by atomic mass is 19.1. The topological polar surface area (TPSA) is 132 Å². The molecule has 3 N–H and O–H groups in total. The summed E-state index contributed by atoms with van der Waals surface area (Å²) in [4.78, 5) is 38.3. The van der Waals surface area contributed by atoms with Gasteiger partial charge in [0.25, 0.3) is 5.56 Å². The molecule has 0 fully saturated rings. The van der Waals surface area contributed by atoms with Crippen LogP contribution in [0.15, 0.2) is 39.2 Å². The lowest BCUT2D eigenvalue weighted by atomic mass is 9.69. The van der Waals surface area contributed by atoms with E-state index in [0.717, 1.165) is 21.3 Å². The van der Waals surface area contributed by atoms with E-state index in [1.807, 2.05) is 6.07 Å². The van der Waals surface area contributed by atoms with Crippen molar-refractivity contribution in [3.63, 3.8) is 0 Å². The van der Waals surface area contributed by atoms with E-state index in [2.05, 4.69) is 5.32 Å². The summed E-state index contributed by atoms with van der Waals surface area (Å²) in [5.74, 6) is -2.15. The van der Waals surface area contributed by atoms with Crippen LogP contribution in [0.3, 0.4) is 0 Å². The number of carbonyl (C=O) groups excluding carboxylic acids is 1. The minimum atomic E-state index is -2.02. The Kier molecular flexibility index (Phi) is 3.12. The van der Waals surface area contributed by atoms with Crippen LogP contribution in [0, 0.1) is 17.1 Å². The second-order valence-electron chi connectivity index (χ2n) is 6.23. The number of hydrogen-bond acceptors (Lipinski definition) is 6. The first-order valence-corrected chi connectivity index (χ1v) is 7.75. The Morgan fingerprint density at radius 1 is 1.26 bits per heavy atom. The minimum Gasteiger partial charge on any atom is -0.423 e. The molecule has 2 aliphatic heterocycles. The van der Waals surface area contributed by atoms with E-state index in [1.54, 1.807) is 0 Å². The van der Waals surface area contributed by atoms with Crippen LogP contribution in [0.4, 0.5) is 10.1 Å². The third-order valence-corrected chi connectivity index (χ3v) is 4.90. The average Bonchev–Trinajstić information content (AvgIpc) is 2.90. The molecular weight excluding hydrogens is 357 g/mol. The summed E-state index contributed by atoms with van der Waals surface area (Å²) < 4.78 is 21.2. The highest BCUT2D eigenvalue weighted by Crippen LogP contribution is 2.51. The molecule has 10 heteroatoms. The van der Waals surface area contributed by atoms with Gasteiger partial charge in [-0.1, -0.05) is 0 Å². The maximum Gasteiger partial charge on any atom is 0.333 e. The Morgan fingerprint density at radius 3 is 2.63 bits per heavy atom. The van der Waals surface area contributed by atoms with Crippen molar-refractivity contribution in [1.29, 1.82) is 5.26 Å². The number of hydrogen-bond donors (Lipinski definition) is 2. The molecular formula is C17H12FN5O4. The Bertz CT molecular complexity index is 1250. The number of fused-ring (bicyclic) bond motifs is 4. The Balaban J connectivity index is 2.29. The van der Waals surface area contributed by atoms with Crippen LogP contribution >= 0.6 is 0 Å². The smallest absolute Gasteiger partial charge is 0.333 e. The van der Waals surface area contributed by atoms with Crippen LogP contribution < -0.4 is 27.0 Å². The first-order chi connectivity index (χ1) is 12.7. The number of anilines is 1. The van der Waals surface area contributed by atoms with Crippen molar-refractivity contribution in [2.45, 2.75) is 5.41 Å². The van der Waals surface area contributed by atoms with E-state index in [0.29, 0.717) is 0 Å². The zero-order chi connectivity index (χ0) is 19.7. The molecule has 1 spiro atoms. The maximum absolute atomic E-state index is 14.0. The van der Waals surface area contributed by atoms with E-state index in [9.17, 15) is 24.0 Å². The molecule has 0 saturated heterocycles. The summed E-state index contributed by atoms with van der Waals surface area (Å²) in [6, 6.07) is 5.32. The summed E-state index contributed by atoms with van der Waals surface area (Å²) in [6.07, 6.45) is 0. The number of nitrogens with two attached hydrogens (primary N) is 1. The fraction of sp³-hybridized carbons (Fsp3) is 0.176. The average molecular weight is 369 g/mol. The highest BCUT2D eigenvalue weighted by molar-refractivity contribution is 6.12. The number of aromatic nitrogens is 2. The molecule has 4 rings (SSSR count). The first kappa shape index (κ1) is 16.6. The van der Waals surface area contributed by atoms with Crippen LogP contribution in [0.25, 0.3) is 0 Å². The summed E-state index contributed by atoms with van der Waals surface area (Å²) >= 11 is 0. The van der Waals surface area contributed by atoms with Crippen molar-refractivity contribution in [2.75, 3.05) is 5.32 Å². The Morgan fingerprint density at radius 2 is 1.96 bits per heavy atom. The van der Waals surface area contributed by atoms with Crippen LogP contribution in [0.5, 0.6) is 5.88 Å². The molecule has 2 aliphatic rings. The molecule has 0 bridgehead atoms. The van der Waals surface area contributed by atoms with Crippen molar-refractivity contribution in [1.82, 2.24) is 9.13 Å². The molecule has 1 aromatic heterocycles. The van der Waals surface area contributed by atoms with Gasteiger partial charge in [0.05, 0.1) is 0 Å². The molecule has 3 heterocycles. The molecule has 1 unspecified atom stereocenters. The monoisotopic (exact) mass is 369 g/mol. The number of ether oxygens (including phenoxy) is 1. The predicted octanol–water partition coefficient (Wildman–Crippen LogP) is -0.452. The third kappa shape index (κ3) is 1.77. The van der Waals surface area contributed by atoms with Crippen molar-refractivity contribution >= 4 is 11.6 Å². The lowest BCUT2D eigenvalue weighted by Crippen LogP contribution is -2.51. The predicted molar refractivity (Wildman–Crippen MR) is 90.2 cm³/mol. The van der Waals surface area contributed by atoms with E-state index in [-0.39, 0.29) is 28.3 Å². The Labute approximate surface area is 150 Å². The maximum atomic E-state index is 14.0. The summed E-state index contributed by atoms with van der Waals surface area (Å²) in [5.41, 5.74) is 1.93. The van der Waals surface area contributed by atoms with Gasteiger partial charge >= 0.3 is 5.69 Å². The zero-order valence-electron chi connectivity index (χ0n) is 14.2. The summed E-state index contributed by atoms with van der Waals surface area (Å²) in [5, 5.41) is 12.2. The van der Waals surface area contributed by atoms with E-state index in [4.69, 9.17) is 10.5 Å². The fourth-order valence-electron chi connectivity index (χ4n) is 3.64. The van der Waals surface area contributed by atoms with Gasteiger partial charge in [-0.3, -0.25) is 18.7 Å². The normalized spacial score (nSPS) is 20.0. The van der Waals surface area contributed by atoms with Crippen LogP contribution in [0.1, 0.15) is 11.1 Å². The second kappa shape index (κ2) is 5.07. The van der Waals surface area contributed by atoms with Gasteiger partial charge in [-0.25, -0.2) is 9.18 Å². The molecule has 0 radical (unpaired) electrons. The molecule has 1 atom stereocenters. The van der Waals surface area contributed by atoms with Gasteiger partial charge in [0, 0.05) is 25.3 Å². The number of carbonyl (C=O) groups is 1. The third-order valence-electron chi connectivity index (χ3n) is 4.90. The number of rotatable bonds is 0. The van der Waals surface area contributed by atoms with Gasteiger partial charge < -0.3 is 15.8 Å². The molecule has 136 valence electrons. The highest BCUT2D eigenvalue weighted by Gasteiger charge is 2.59. The van der Waals surface area contributed by atoms with Crippen molar-refractivity contribution in [2.24, 2.45) is 19.8 Å². The minimum absolute atomic E-state index is 0.0484. The quantitative estimate of drug-likeness (QED) is 0.646. The van der Waals surface area contributed by atoms with E-state index in [1.165, 1.54) is 20.2 Å². The van der Waals surface area contributed by atoms with Crippen LogP contribution in [0.2, 0.25) is 0 Å². The number of benzene rings is 1. The number of nitrogens with zero attached hydrogens (tertiary/aromatic N) is 3. The van der Waals surface area contributed by atoms with Gasteiger partial charge in [0.15, 0.2) is 5.41 Å².